The van der Waals surface area contributed by atoms with E-state index in [2.05, 4.69) is 9.97 Å². The number of halogens is 1. The topological polar surface area (TPSA) is 75.2 Å². The number of hydrogen-bond donors (Lipinski definition) is 1. The minimum absolute atomic E-state index is 0.305. The van der Waals surface area contributed by atoms with Crippen LogP contribution in [0.4, 0.5) is 10.2 Å². The predicted octanol–water partition coefficient (Wildman–Crippen LogP) is 3.14. The zero-order valence-corrected chi connectivity index (χ0v) is 15.0. The molecule has 2 aromatic heterocycles. The predicted molar refractivity (Wildman–Crippen MR) is 97.7 cm³/mol. The number of ether oxygens (including phenoxy) is 2. The van der Waals surface area contributed by atoms with Gasteiger partial charge < -0.3 is 19.8 Å². The van der Waals surface area contributed by atoms with Gasteiger partial charge in [-0.2, -0.15) is 0 Å². The van der Waals surface area contributed by atoms with Crippen LogP contribution >= 0.6 is 0 Å². The van der Waals surface area contributed by atoms with Crippen molar-refractivity contribution < 1.29 is 13.9 Å². The molecular weight excluding hydrogens is 335 g/mol. The van der Waals surface area contributed by atoms with Gasteiger partial charge >= 0.3 is 0 Å². The summed E-state index contributed by atoms with van der Waals surface area (Å²) in [7, 11) is 3.47. The van der Waals surface area contributed by atoms with Gasteiger partial charge in [0.2, 0.25) is 0 Å². The lowest BCUT2D eigenvalue weighted by Crippen LogP contribution is -2.06. The fourth-order valence-corrected chi connectivity index (χ4v) is 2.87. The van der Waals surface area contributed by atoms with Gasteiger partial charge in [0.05, 0.1) is 31.4 Å². The van der Waals surface area contributed by atoms with E-state index in [9.17, 15) is 4.39 Å². The minimum atomic E-state index is -0.310. The molecule has 3 rings (SSSR count). The summed E-state index contributed by atoms with van der Waals surface area (Å²) < 4.78 is 26.4. The molecule has 26 heavy (non-hydrogen) atoms. The van der Waals surface area contributed by atoms with Gasteiger partial charge in [-0.15, -0.1) is 0 Å². The molecule has 0 saturated carbocycles. The fraction of sp³-hybridized carbons (Fsp3) is 0.263. The van der Waals surface area contributed by atoms with Gasteiger partial charge in [-0.3, -0.25) is 0 Å². The third-order valence-electron chi connectivity index (χ3n) is 4.15. The number of methoxy groups -OCH3 is 1. The quantitative estimate of drug-likeness (QED) is 0.734. The maximum atomic E-state index is 13.4. The first-order valence-corrected chi connectivity index (χ1v) is 8.18. The lowest BCUT2D eigenvalue weighted by molar-refractivity contribution is 0.319. The number of aromatic nitrogens is 3. The molecule has 1 aromatic carbocycles. The monoisotopic (exact) mass is 356 g/mol. The van der Waals surface area contributed by atoms with Crippen LogP contribution in [-0.4, -0.2) is 28.3 Å². The van der Waals surface area contributed by atoms with E-state index < -0.39 is 0 Å². The summed E-state index contributed by atoms with van der Waals surface area (Å²) in [6.45, 7) is 2.25. The number of nitrogens with two attached hydrogens (primary N) is 1. The number of aryl methyl sites for hydroxylation is 2. The van der Waals surface area contributed by atoms with Crippen LogP contribution in [0.15, 0.2) is 36.8 Å². The summed E-state index contributed by atoms with van der Waals surface area (Å²) in [5, 5.41) is 0. The average molecular weight is 356 g/mol. The Hall–Kier alpha value is -3.09. The maximum Gasteiger partial charge on any atom is 0.166 e. The number of hydrogen-bond acceptors (Lipinski definition) is 5. The summed E-state index contributed by atoms with van der Waals surface area (Å²) in [5.74, 6) is 1.11. The molecule has 0 amide bonds. The van der Waals surface area contributed by atoms with Crippen molar-refractivity contribution in [1.29, 1.82) is 0 Å². The standard InChI is InChI=1S/C19H21FN4O2/c1-12-18(24(2)11-23-12)14-9-17(19(21)22-10-14)26-7-6-13-8-15(20)4-5-16(13)25-3/h4-5,8-11H,6-7H2,1-3H3,(H2,21,22). The smallest absolute Gasteiger partial charge is 0.166 e. The molecule has 3 aromatic rings. The lowest BCUT2D eigenvalue weighted by Gasteiger charge is -2.12. The van der Waals surface area contributed by atoms with Crippen LogP contribution in [0.1, 0.15) is 11.3 Å². The molecule has 0 atom stereocenters. The number of imidazole rings is 1. The van der Waals surface area contributed by atoms with Crippen molar-refractivity contribution in [3.8, 4) is 22.8 Å². The van der Waals surface area contributed by atoms with Crippen LogP contribution < -0.4 is 15.2 Å². The number of rotatable bonds is 6. The van der Waals surface area contributed by atoms with Crippen molar-refractivity contribution in [2.24, 2.45) is 7.05 Å². The van der Waals surface area contributed by atoms with E-state index in [1.807, 2.05) is 24.6 Å². The SMILES string of the molecule is COc1ccc(F)cc1CCOc1cc(-c2c(C)ncn2C)cnc1N. The first-order chi connectivity index (χ1) is 12.5. The van der Waals surface area contributed by atoms with E-state index in [1.165, 1.54) is 12.1 Å². The maximum absolute atomic E-state index is 13.4. The average Bonchev–Trinajstić information content (AvgIpc) is 2.95. The van der Waals surface area contributed by atoms with Crippen LogP contribution in [0.3, 0.4) is 0 Å². The Balaban J connectivity index is 1.77. The molecule has 0 aliphatic rings. The molecule has 0 unspecified atom stereocenters. The van der Waals surface area contributed by atoms with Crippen molar-refractivity contribution in [1.82, 2.24) is 14.5 Å². The van der Waals surface area contributed by atoms with Crippen LogP contribution in [-0.2, 0) is 13.5 Å². The highest BCUT2D eigenvalue weighted by molar-refractivity contribution is 5.66. The van der Waals surface area contributed by atoms with Gasteiger partial charge in [0.15, 0.2) is 11.6 Å². The molecule has 0 saturated heterocycles. The summed E-state index contributed by atoms with van der Waals surface area (Å²) in [4.78, 5) is 8.51. The van der Waals surface area contributed by atoms with Crippen molar-refractivity contribution >= 4 is 5.82 Å². The number of anilines is 1. The molecule has 2 heterocycles. The molecule has 0 radical (unpaired) electrons. The summed E-state index contributed by atoms with van der Waals surface area (Å²) in [6.07, 6.45) is 3.93. The third-order valence-corrected chi connectivity index (χ3v) is 4.15. The number of nitrogen functional groups attached to an aromatic ring is 1. The molecule has 6 nitrogen and oxygen atoms in total. The van der Waals surface area contributed by atoms with Crippen molar-refractivity contribution in [3.05, 3.63) is 53.9 Å². The van der Waals surface area contributed by atoms with E-state index >= 15 is 0 Å². The Bertz CT molecular complexity index is 904. The Morgan fingerprint density at radius 2 is 2.00 bits per heavy atom. The molecule has 0 aliphatic heterocycles. The van der Waals surface area contributed by atoms with Gasteiger partial charge in [0.1, 0.15) is 11.6 Å². The van der Waals surface area contributed by atoms with Gasteiger partial charge in [0, 0.05) is 30.8 Å². The van der Waals surface area contributed by atoms with Crippen molar-refractivity contribution in [2.75, 3.05) is 19.5 Å². The van der Waals surface area contributed by atoms with Gasteiger partial charge in [0.25, 0.3) is 0 Å². The fourth-order valence-electron chi connectivity index (χ4n) is 2.87. The van der Waals surface area contributed by atoms with E-state index in [1.54, 1.807) is 25.7 Å². The molecular formula is C19H21FN4O2. The summed E-state index contributed by atoms with van der Waals surface area (Å²) in [5.41, 5.74) is 9.39. The number of benzene rings is 1. The zero-order chi connectivity index (χ0) is 18.7. The van der Waals surface area contributed by atoms with Crippen LogP contribution in [0.2, 0.25) is 0 Å². The van der Waals surface area contributed by atoms with E-state index in [4.69, 9.17) is 15.2 Å². The number of pyridine rings is 1. The molecule has 2 N–H and O–H groups in total. The molecule has 0 spiro atoms. The van der Waals surface area contributed by atoms with Gasteiger partial charge in [-0.05, 0) is 31.2 Å². The highest BCUT2D eigenvalue weighted by Crippen LogP contribution is 2.29. The Morgan fingerprint density at radius 3 is 2.69 bits per heavy atom. The molecule has 136 valence electrons. The van der Waals surface area contributed by atoms with Crippen LogP contribution in [0.5, 0.6) is 11.5 Å². The Labute approximate surface area is 151 Å². The van der Waals surface area contributed by atoms with E-state index in [0.717, 1.165) is 22.5 Å². The second kappa shape index (κ2) is 7.43. The van der Waals surface area contributed by atoms with E-state index in [-0.39, 0.29) is 5.82 Å². The first-order valence-electron chi connectivity index (χ1n) is 8.18. The van der Waals surface area contributed by atoms with E-state index in [0.29, 0.717) is 30.3 Å². The number of nitrogens with zero attached hydrogens (tertiary/aromatic N) is 3. The highest BCUT2D eigenvalue weighted by Gasteiger charge is 2.12. The Morgan fingerprint density at radius 1 is 1.19 bits per heavy atom. The zero-order valence-electron chi connectivity index (χ0n) is 15.0. The Kier molecular flexibility index (Phi) is 5.06. The van der Waals surface area contributed by atoms with Crippen LogP contribution in [0, 0.1) is 12.7 Å². The molecule has 0 fully saturated rings. The summed E-state index contributed by atoms with van der Waals surface area (Å²) in [6, 6.07) is 6.26. The third kappa shape index (κ3) is 3.61. The van der Waals surface area contributed by atoms with Crippen molar-refractivity contribution in [2.45, 2.75) is 13.3 Å². The highest BCUT2D eigenvalue weighted by atomic mass is 19.1. The summed E-state index contributed by atoms with van der Waals surface area (Å²) >= 11 is 0. The first kappa shape index (κ1) is 17.7. The second-order valence-electron chi connectivity index (χ2n) is 5.95. The molecule has 0 aliphatic carbocycles. The largest absolute Gasteiger partial charge is 0.496 e. The van der Waals surface area contributed by atoms with Gasteiger partial charge in [-0.25, -0.2) is 14.4 Å². The van der Waals surface area contributed by atoms with Crippen LogP contribution in [0.25, 0.3) is 11.3 Å². The second-order valence-corrected chi connectivity index (χ2v) is 5.95. The van der Waals surface area contributed by atoms with Crippen molar-refractivity contribution in [3.63, 3.8) is 0 Å². The lowest BCUT2D eigenvalue weighted by atomic mass is 10.1. The van der Waals surface area contributed by atoms with Gasteiger partial charge in [-0.1, -0.05) is 0 Å². The molecule has 0 bridgehead atoms. The molecule has 7 heteroatoms. The minimum Gasteiger partial charge on any atom is -0.496 e. The normalized spacial score (nSPS) is 10.8.